The van der Waals surface area contributed by atoms with E-state index in [1.807, 2.05) is 24.3 Å². The number of benzene rings is 1. The highest BCUT2D eigenvalue weighted by Crippen LogP contribution is 2.22. The molecule has 0 fully saturated rings. The Hall–Kier alpha value is -1.88. The van der Waals surface area contributed by atoms with Gasteiger partial charge in [-0.2, -0.15) is 4.98 Å². The van der Waals surface area contributed by atoms with E-state index in [-0.39, 0.29) is 12.0 Å². The molecular formula is C14H20N4O. The van der Waals surface area contributed by atoms with E-state index in [0.29, 0.717) is 12.5 Å². The number of methoxy groups -OCH3 is 1. The van der Waals surface area contributed by atoms with Crippen molar-refractivity contribution in [2.45, 2.75) is 19.9 Å². The summed E-state index contributed by atoms with van der Waals surface area (Å²) in [5, 5.41) is 4.38. The van der Waals surface area contributed by atoms with E-state index in [0.717, 1.165) is 16.7 Å². The van der Waals surface area contributed by atoms with Gasteiger partial charge in [0.2, 0.25) is 5.95 Å². The van der Waals surface area contributed by atoms with Crippen LogP contribution in [0.1, 0.15) is 13.8 Å². The number of nitrogens with zero attached hydrogens (tertiary/aromatic N) is 2. The monoisotopic (exact) mass is 260 g/mol. The van der Waals surface area contributed by atoms with Crippen LogP contribution in [-0.4, -0.2) is 29.7 Å². The van der Waals surface area contributed by atoms with Crippen LogP contribution in [0.2, 0.25) is 0 Å². The summed E-state index contributed by atoms with van der Waals surface area (Å²) in [7, 11) is 1.70. The highest BCUT2D eigenvalue weighted by Gasteiger charge is 2.15. The number of hydrogen-bond acceptors (Lipinski definition) is 5. The van der Waals surface area contributed by atoms with E-state index in [9.17, 15) is 0 Å². The molecule has 0 spiro atoms. The second-order valence-corrected chi connectivity index (χ2v) is 4.90. The molecule has 2 rings (SSSR count). The third-order valence-corrected chi connectivity index (χ3v) is 3.09. The van der Waals surface area contributed by atoms with Crippen molar-refractivity contribution in [1.82, 2.24) is 9.97 Å². The Bertz CT molecular complexity index is 556. The predicted octanol–water partition coefficient (Wildman–Crippen LogP) is 2.29. The lowest BCUT2D eigenvalue weighted by Crippen LogP contribution is -2.31. The summed E-state index contributed by atoms with van der Waals surface area (Å²) in [6, 6.07) is 8.00. The van der Waals surface area contributed by atoms with Gasteiger partial charge in [0.25, 0.3) is 0 Å². The average molecular weight is 260 g/mol. The van der Waals surface area contributed by atoms with Gasteiger partial charge in [-0.1, -0.05) is 26.0 Å². The fraction of sp³-hybridized carbons (Fsp3) is 0.429. The first-order valence-electron chi connectivity index (χ1n) is 6.39. The van der Waals surface area contributed by atoms with Crippen molar-refractivity contribution >= 4 is 22.7 Å². The van der Waals surface area contributed by atoms with Crippen LogP contribution >= 0.6 is 0 Å². The molecule has 1 heterocycles. The van der Waals surface area contributed by atoms with Gasteiger partial charge >= 0.3 is 0 Å². The van der Waals surface area contributed by atoms with Crippen molar-refractivity contribution in [1.29, 1.82) is 0 Å². The molecule has 1 aromatic heterocycles. The molecule has 19 heavy (non-hydrogen) atoms. The lowest BCUT2D eigenvalue weighted by molar-refractivity contribution is 0.171. The number of aromatic nitrogens is 2. The van der Waals surface area contributed by atoms with Crippen LogP contribution in [-0.2, 0) is 4.74 Å². The molecule has 0 saturated heterocycles. The van der Waals surface area contributed by atoms with E-state index in [1.165, 1.54) is 0 Å². The van der Waals surface area contributed by atoms with Gasteiger partial charge < -0.3 is 15.8 Å². The second kappa shape index (κ2) is 5.84. The van der Waals surface area contributed by atoms with Crippen molar-refractivity contribution in [3.63, 3.8) is 0 Å². The Labute approximate surface area is 113 Å². The van der Waals surface area contributed by atoms with Crippen LogP contribution in [0, 0.1) is 5.92 Å². The van der Waals surface area contributed by atoms with Crippen molar-refractivity contribution < 1.29 is 4.74 Å². The summed E-state index contributed by atoms with van der Waals surface area (Å²) in [4.78, 5) is 8.54. The van der Waals surface area contributed by atoms with Crippen molar-refractivity contribution in [3.8, 4) is 0 Å². The van der Waals surface area contributed by atoms with Gasteiger partial charge in [-0.05, 0) is 18.1 Å². The highest BCUT2D eigenvalue weighted by atomic mass is 16.5. The van der Waals surface area contributed by atoms with Gasteiger partial charge in [-0.25, -0.2) is 4.98 Å². The number of nitrogens with two attached hydrogens (primary N) is 1. The van der Waals surface area contributed by atoms with Gasteiger partial charge in [0.05, 0.1) is 18.2 Å². The molecule has 2 aromatic rings. The van der Waals surface area contributed by atoms with Gasteiger partial charge in [0, 0.05) is 12.5 Å². The summed E-state index contributed by atoms with van der Waals surface area (Å²) in [6.07, 6.45) is 0. The first-order chi connectivity index (χ1) is 9.11. The highest BCUT2D eigenvalue weighted by molar-refractivity contribution is 5.89. The van der Waals surface area contributed by atoms with Gasteiger partial charge in [0.15, 0.2) is 0 Å². The summed E-state index contributed by atoms with van der Waals surface area (Å²) in [5.74, 6) is 1.47. The Morgan fingerprint density at radius 1 is 1.26 bits per heavy atom. The molecule has 1 unspecified atom stereocenters. The van der Waals surface area contributed by atoms with Crippen LogP contribution in [0.15, 0.2) is 24.3 Å². The molecule has 0 aliphatic carbocycles. The Balaban J connectivity index is 2.38. The Kier molecular flexibility index (Phi) is 4.16. The molecule has 0 aliphatic rings. The lowest BCUT2D eigenvalue weighted by Gasteiger charge is -2.22. The van der Waals surface area contributed by atoms with Crippen LogP contribution in [0.5, 0.6) is 0 Å². The fourth-order valence-electron chi connectivity index (χ4n) is 1.96. The standard InChI is InChI=1S/C14H20N4O/c1-9(2)12(8-19-3)16-13-10-6-4-5-7-11(10)17-14(15)18-13/h4-7,9,12H,8H2,1-3H3,(H3,15,16,17,18). The predicted molar refractivity (Wildman–Crippen MR) is 78.1 cm³/mol. The molecule has 0 bridgehead atoms. The molecule has 0 radical (unpaired) electrons. The number of hydrogen-bond donors (Lipinski definition) is 2. The molecular weight excluding hydrogens is 240 g/mol. The lowest BCUT2D eigenvalue weighted by atomic mass is 10.1. The molecule has 5 heteroatoms. The van der Waals surface area contributed by atoms with E-state index in [1.54, 1.807) is 7.11 Å². The number of para-hydroxylation sites is 1. The van der Waals surface area contributed by atoms with Crippen LogP contribution in [0.4, 0.5) is 11.8 Å². The van der Waals surface area contributed by atoms with Crippen molar-refractivity contribution in [2.24, 2.45) is 5.92 Å². The van der Waals surface area contributed by atoms with Crippen LogP contribution < -0.4 is 11.1 Å². The summed E-state index contributed by atoms with van der Waals surface area (Å²) >= 11 is 0. The zero-order chi connectivity index (χ0) is 13.8. The van der Waals surface area contributed by atoms with Gasteiger partial charge in [-0.3, -0.25) is 0 Å². The number of anilines is 2. The minimum atomic E-state index is 0.183. The van der Waals surface area contributed by atoms with Crippen molar-refractivity contribution in [2.75, 3.05) is 24.8 Å². The zero-order valence-electron chi connectivity index (χ0n) is 11.6. The number of nitrogens with one attached hydrogen (secondary N) is 1. The Morgan fingerprint density at radius 3 is 2.68 bits per heavy atom. The molecule has 5 nitrogen and oxygen atoms in total. The summed E-state index contributed by atoms with van der Waals surface area (Å²) in [5.41, 5.74) is 6.60. The van der Waals surface area contributed by atoms with E-state index < -0.39 is 0 Å². The maximum absolute atomic E-state index is 5.76. The van der Waals surface area contributed by atoms with E-state index in [2.05, 4.69) is 29.1 Å². The van der Waals surface area contributed by atoms with Gasteiger partial charge in [-0.15, -0.1) is 0 Å². The maximum Gasteiger partial charge on any atom is 0.222 e. The minimum Gasteiger partial charge on any atom is -0.383 e. The number of ether oxygens (including phenoxy) is 1. The average Bonchev–Trinajstić information content (AvgIpc) is 2.37. The van der Waals surface area contributed by atoms with Crippen LogP contribution in [0.25, 0.3) is 10.9 Å². The normalized spacial score (nSPS) is 12.8. The summed E-state index contributed by atoms with van der Waals surface area (Å²) in [6.45, 7) is 4.91. The fourth-order valence-corrected chi connectivity index (χ4v) is 1.96. The first kappa shape index (κ1) is 13.5. The van der Waals surface area contributed by atoms with E-state index in [4.69, 9.17) is 10.5 Å². The Morgan fingerprint density at radius 2 is 2.00 bits per heavy atom. The molecule has 0 amide bonds. The van der Waals surface area contributed by atoms with E-state index >= 15 is 0 Å². The van der Waals surface area contributed by atoms with Gasteiger partial charge in [0.1, 0.15) is 5.82 Å². The van der Waals surface area contributed by atoms with Crippen molar-refractivity contribution in [3.05, 3.63) is 24.3 Å². The third kappa shape index (κ3) is 3.12. The molecule has 0 saturated carbocycles. The zero-order valence-corrected chi connectivity index (χ0v) is 11.6. The van der Waals surface area contributed by atoms with Crippen LogP contribution in [0.3, 0.4) is 0 Å². The maximum atomic E-state index is 5.76. The third-order valence-electron chi connectivity index (χ3n) is 3.09. The molecule has 1 aromatic carbocycles. The second-order valence-electron chi connectivity index (χ2n) is 4.90. The first-order valence-corrected chi connectivity index (χ1v) is 6.39. The minimum absolute atomic E-state index is 0.183. The topological polar surface area (TPSA) is 73.1 Å². The number of fused-ring (bicyclic) bond motifs is 1. The SMILES string of the molecule is COCC(Nc1nc(N)nc2ccccc12)C(C)C. The molecule has 3 N–H and O–H groups in total. The largest absolute Gasteiger partial charge is 0.383 e. The smallest absolute Gasteiger partial charge is 0.222 e. The molecule has 1 atom stereocenters. The molecule has 0 aliphatic heterocycles. The number of rotatable bonds is 5. The quantitative estimate of drug-likeness (QED) is 0.863. The number of nitrogen functional groups attached to an aromatic ring is 1. The summed E-state index contributed by atoms with van der Waals surface area (Å²) < 4.78 is 5.24. The molecule has 102 valence electrons.